The molecule has 1 N–H and O–H groups in total. The Kier molecular flexibility index (Phi) is 3.52. The van der Waals surface area contributed by atoms with Crippen LogP contribution < -0.4 is 0 Å². The molecule has 15 heavy (non-hydrogen) atoms. The average molecular weight is 240 g/mol. The molecule has 0 fully saturated rings. The van der Waals surface area contributed by atoms with Gasteiger partial charge in [-0.2, -0.15) is 0 Å². The maximum Gasteiger partial charge on any atom is 0.354 e. The van der Waals surface area contributed by atoms with E-state index in [1.807, 2.05) is 0 Å². The second kappa shape index (κ2) is 4.48. The molecule has 1 aromatic heterocycles. The second-order valence-corrected chi connectivity index (χ2v) is 2.86. The topological polar surface area (TPSA) is 50.2 Å². The molecule has 0 aromatic carbocycles. The average Bonchev–Trinajstić information content (AvgIpc) is 2.16. The third kappa shape index (κ3) is 2.38. The summed E-state index contributed by atoms with van der Waals surface area (Å²) in [5.41, 5.74) is -2.09. The smallest absolute Gasteiger partial charge is 0.354 e. The maximum atomic E-state index is 13.1. The number of carbonyl (C=O) groups is 1. The Hall–Kier alpha value is -1.30. The summed E-state index contributed by atoms with van der Waals surface area (Å²) in [6.45, 7) is 0. The van der Waals surface area contributed by atoms with Crippen LogP contribution in [0.4, 0.5) is 13.2 Å². The first-order valence-electron chi connectivity index (χ1n) is 3.74. The Labute approximate surface area is 87.5 Å². The largest absolute Gasteiger partial charge is 0.476 e. The minimum atomic E-state index is -3.03. The van der Waals surface area contributed by atoms with E-state index in [-0.39, 0.29) is 0 Å². The molecule has 0 aliphatic rings. The van der Waals surface area contributed by atoms with E-state index in [0.29, 0.717) is 6.07 Å². The fourth-order valence-corrected chi connectivity index (χ4v) is 1.23. The van der Waals surface area contributed by atoms with Crippen LogP contribution in [0.15, 0.2) is 6.07 Å². The monoisotopic (exact) mass is 239 g/mol. The second-order valence-electron chi connectivity index (χ2n) is 2.60. The van der Waals surface area contributed by atoms with Crippen molar-refractivity contribution in [1.29, 1.82) is 0 Å². The van der Waals surface area contributed by atoms with E-state index < -0.39 is 41.0 Å². The predicted molar refractivity (Wildman–Crippen MR) is 45.7 cm³/mol. The van der Waals surface area contributed by atoms with Gasteiger partial charge in [-0.25, -0.2) is 22.9 Å². The summed E-state index contributed by atoms with van der Waals surface area (Å²) < 4.78 is 37.5. The van der Waals surface area contributed by atoms with Crippen LogP contribution in [0.25, 0.3) is 0 Å². The van der Waals surface area contributed by atoms with Gasteiger partial charge in [0.15, 0.2) is 5.69 Å². The lowest BCUT2D eigenvalue weighted by Gasteiger charge is -2.06. The van der Waals surface area contributed by atoms with Gasteiger partial charge in [0.1, 0.15) is 11.5 Å². The molecule has 0 saturated carbocycles. The fraction of sp³-hybridized carbons (Fsp3) is 0.250. The fourth-order valence-electron chi connectivity index (χ4n) is 0.975. The van der Waals surface area contributed by atoms with Gasteiger partial charge < -0.3 is 5.11 Å². The third-order valence-corrected chi connectivity index (χ3v) is 1.92. The molecule has 7 heteroatoms. The standard InChI is InChI=1S/C8H5ClF3NO2/c9-2-3-4(10)1-5(7(11)12)13-6(3)8(14)15/h1,7H,2H2,(H,14,15). The molecule has 82 valence electrons. The van der Waals surface area contributed by atoms with E-state index in [4.69, 9.17) is 16.7 Å². The van der Waals surface area contributed by atoms with Crippen LogP contribution in [0.1, 0.15) is 28.2 Å². The molecule has 3 nitrogen and oxygen atoms in total. The van der Waals surface area contributed by atoms with Crippen molar-refractivity contribution in [3.63, 3.8) is 0 Å². The van der Waals surface area contributed by atoms with Crippen LogP contribution in [0, 0.1) is 5.82 Å². The van der Waals surface area contributed by atoms with E-state index in [9.17, 15) is 18.0 Å². The summed E-state index contributed by atoms with van der Waals surface area (Å²) in [4.78, 5) is 13.7. The molecule has 1 rings (SSSR count). The molecule has 0 saturated heterocycles. The first-order valence-corrected chi connectivity index (χ1v) is 4.27. The molecule has 0 spiro atoms. The summed E-state index contributed by atoms with van der Waals surface area (Å²) in [5, 5.41) is 8.59. The number of rotatable bonds is 3. The number of carboxylic acids is 1. The van der Waals surface area contributed by atoms with Crippen molar-refractivity contribution in [1.82, 2.24) is 4.98 Å². The molecule has 0 atom stereocenters. The number of hydrogen-bond acceptors (Lipinski definition) is 2. The van der Waals surface area contributed by atoms with Gasteiger partial charge in [-0.3, -0.25) is 0 Å². The predicted octanol–water partition coefficient (Wildman–Crippen LogP) is 2.60. The molecule has 1 aromatic rings. The van der Waals surface area contributed by atoms with E-state index in [0.717, 1.165) is 0 Å². The number of halogens is 4. The zero-order valence-electron chi connectivity index (χ0n) is 7.18. The van der Waals surface area contributed by atoms with Gasteiger partial charge in [0.25, 0.3) is 6.43 Å². The van der Waals surface area contributed by atoms with Crippen molar-refractivity contribution < 1.29 is 23.1 Å². The highest BCUT2D eigenvalue weighted by atomic mass is 35.5. The summed E-state index contributed by atoms with van der Waals surface area (Å²) in [6, 6.07) is 0.481. The Morgan fingerprint density at radius 2 is 2.20 bits per heavy atom. The highest BCUT2D eigenvalue weighted by molar-refractivity contribution is 6.17. The molecule has 0 bridgehead atoms. The summed E-state index contributed by atoms with van der Waals surface area (Å²) >= 11 is 5.28. The van der Waals surface area contributed by atoms with E-state index in [1.165, 1.54) is 0 Å². The van der Waals surface area contributed by atoms with E-state index in [1.54, 1.807) is 0 Å². The van der Waals surface area contributed by atoms with Crippen LogP contribution in [0.3, 0.4) is 0 Å². The Bertz CT molecular complexity index is 398. The molecule has 0 radical (unpaired) electrons. The number of carboxylic acid groups (broad SMARTS) is 1. The first-order chi connectivity index (χ1) is 6.97. The third-order valence-electron chi connectivity index (χ3n) is 1.65. The minimum Gasteiger partial charge on any atom is -0.476 e. The lowest BCUT2D eigenvalue weighted by atomic mass is 10.2. The van der Waals surface area contributed by atoms with Gasteiger partial charge in [-0.1, -0.05) is 0 Å². The summed E-state index contributed by atoms with van der Waals surface area (Å²) in [6.07, 6.45) is -3.03. The van der Waals surface area contributed by atoms with Gasteiger partial charge in [0, 0.05) is 11.6 Å². The van der Waals surface area contributed by atoms with Crippen molar-refractivity contribution in [3.8, 4) is 0 Å². The Morgan fingerprint density at radius 3 is 2.60 bits per heavy atom. The van der Waals surface area contributed by atoms with E-state index >= 15 is 0 Å². The minimum absolute atomic E-state index is 0.395. The van der Waals surface area contributed by atoms with Gasteiger partial charge in [-0.05, 0) is 0 Å². The van der Waals surface area contributed by atoms with Gasteiger partial charge in [0.05, 0.1) is 5.88 Å². The van der Waals surface area contributed by atoms with Crippen molar-refractivity contribution in [2.24, 2.45) is 0 Å². The van der Waals surface area contributed by atoms with Crippen molar-refractivity contribution in [2.45, 2.75) is 12.3 Å². The normalized spacial score (nSPS) is 10.7. The summed E-state index contributed by atoms with van der Waals surface area (Å²) in [5.74, 6) is -3.12. The summed E-state index contributed by atoms with van der Waals surface area (Å²) in [7, 11) is 0. The number of pyridine rings is 1. The van der Waals surface area contributed by atoms with Crippen molar-refractivity contribution >= 4 is 17.6 Å². The van der Waals surface area contributed by atoms with Gasteiger partial charge in [0.2, 0.25) is 0 Å². The van der Waals surface area contributed by atoms with Crippen molar-refractivity contribution in [2.75, 3.05) is 0 Å². The SMILES string of the molecule is O=C(O)c1nc(C(F)F)cc(F)c1CCl. The van der Waals surface area contributed by atoms with Crippen LogP contribution in [0.2, 0.25) is 0 Å². The quantitative estimate of drug-likeness (QED) is 0.825. The molecular formula is C8H5ClF3NO2. The van der Waals surface area contributed by atoms with E-state index in [2.05, 4.69) is 4.98 Å². The lowest BCUT2D eigenvalue weighted by Crippen LogP contribution is -2.10. The maximum absolute atomic E-state index is 13.1. The number of alkyl halides is 3. The van der Waals surface area contributed by atoms with Crippen LogP contribution in [0.5, 0.6) is 0 Å². The van der Waals surface area contributed by atoms with Crippen LogP contribution in [-0.4, -0.2) is 16.1 Å². The molecule has 1 heterocycles. The van der Waals surface area contributed by atoms with Crippen LogP contribution >= 0.6 is 11.6 Å². The van der Waals surface area contributed by atoms with Crippen LogP contribution in [-0.2, 0) is 5.88 Å². The molecule has 0 aliphatic heterocycles. The number of nitrogens with zero attached hydrogens (tertiary/aromatic N) is 1. The zero-order chi connectivity index (χ0) is 11.6. The first kappa shape index (κ1) is 11.8. The van der Waals surface area contributed by atoms with Gasteiger partial charge in [-0.15, -0.1) is 11.6 Å². The van der Waals surface area contributed by atoms with Gasteiger partial charge >= 0.3 is 5.97 Å². The zero-order valence-corrected chi connectivity index (χ0v) is 7.93. The number of aromatic nitrogens is 1. The number of aromatic carboxylic acids is 1. The highest BCUT2D eigenvalue weighted by Gasteiger charge is 2.20. The molecule has 0 aliphatic carbocycles. The Morgan fingerprint density at radius 1 is 1.60 bits per heavy atom. The Balaban J connectivity index is 3.38. The lowest BCUT2D eigenvalue weighted by molar-refractivity contribution is 0.0686. The molecular weight excluding hydrogens is 235 g/mol. The highest BCUT2D eigenvalue weighted by Crippen LogP contribution is 2.22. The molecule has 0 amide bonds. The van der Waals surface area contributed by atoms with Crippen molar-refractivity contribution in [3.05, 3.63) is 28.8 Å². The number of hydrogen-bond donors (Lipinski definition) is 1. The molecule has 0 unspecified atom stereocenters.